The van der Waals surface area contributed by atoms with E-state index in [1.54, 1.807) is 0 Å². The lowest BCUT2D eigenvalue weighted by Crippen LogP contribution is -2.27. The number of benzene rings is 1. The van der Waals surface area contributed by atoms with E-state index in [9.17, 15) is 28.1 Å². The van der Waals surface area contributed by atoms with Crippen molar-refractivity contribution in [2.75, 3.05) is 18.0 Å². The first-order chi connectivity index (χ1) is 9.20. The van der Waals surface area contributed by atoms with Gasteiger partial charge in [0.05, 0.1) is 4.92 Å². The molecule has 0 unspecified atom stereocenters. The molecule has 110 valence electrons. The molecule has 3 N–H and O–H groups in total. The minimum atomic E-state index is -4.38. The molecular weight excluding hydrogens is 299 g/mol. The molecule has 1 aromatic rings. The number of nitrogens with zero attached hydrogens (tertiary/aromatic N) is 1. The van der Waals surface area contributed by atoms with E-state index in [4.69, 9.17) is 5.73 Å². The first kappa shape index (κ1) is 16.1. The average molecular weight is 309 g/mol. The third-order valence-electron chi connectivity index (χ3n) is 2.12. The van der Waals surface area contributed by atoms with Crippen molar-refractivity contribution in [3.05, 3.63) is 33.9 Å². The van der Waals surface area contributed by atoms with Crippen LogP contribution >= 0.6 is 11.8 Å². The molecule has 0 fully saturated rings. The second-order valence-electron chi connectivity index (χ2n) is 3.58. The van der Waals surface area contributed by atoms with Crippen LogP contribution in [0.5, 0.6) is 0 Å². The molecule has 0 saturated carbocycles. The molecule has 1 amide bonds. The molecule has 0 aliphatic rings. The Kier molecular flexibility index (Phi) is 5.19. The average Bonchev–Trinajstić information content (AvgIpc) is 2.32. The van der Waals surface area contributed by atoms with Gasteiger partial charge >= 0.3 is 5.51 Å². The molecule has 0 radical (unpaired) electrons. The van der Waals surface area contributed by atoms with Crippen molar-refractivity contribution >= 4 is 29.0 Å². The zero-order valence-corrected chi connectivity index (χ0v) is 10.8. The fourth-order valence-electron chi connectivity index (χ4n) is 1.32. The second-order valence-corrected chi connectivity index (χ2v) is 4.74. The fraction of sp³-hybridized carbons (Fsp3) is 0.300. The van der Waals surface area contributed by atoms with Crippen molar-refractivity contribution in [3.63, 3.8) is 0 Å². The number of halogens is 3. The molecule has 6 nitrogen and oxygen atoms in total. The number of nitrogen functional groups attached to an aromatic ring is 1. The van der Waals surface area contributed by atoms with Gasteiger partial charge in [0.2, 0.25) is 0 Å². The molecule has 10 heteroatoms. The minimum Gasteiger partial charge on any atom is -0.399 e. The quantitative estimate of drug-likeness (QED) is 0.376. The van der Waals surface area contributed by atoms with Crippen LogP contribution in [-0.2, 0) is 0 Å². The number of thioether (sulfide) groups is 1. The summed E-state index contributed by atoms with van der Waals surface area (Å²) in [7, 11) is 0. The van der Waals surface area contributed by atoms with Gasteiger partial charge in [-0.2, -0.15) is 13.2 Å². The Morgan fingerprint density at radius 2 is 2.10 bits per heavy atom. The monoisotopic (exact) mass is 309 g/mol. The maximum atomic E-state index is 11.9. The third-order valence-corrected chi connectivity index (χ3v) is 2.85. The van der Waals surface area contributed by atoms with Crippen LogP contribution in [0.1, 0.15) is 10.4 Å². The highest BCUT2D eigenvalue weighted by molar-refractivity contribution is 8.00. The first-order valence-electron chi connectivity index (χ1n) is 5.23. The number of anilines is 1. The third kappa shape index (κ3) is 4.96. The fourth-order valence-corrected chi connectivity index (χ4v) is 1.76. The van der Waals surface area contributed by atoms with Crippen molar-refractivity contribution in [1.29, 1.82) is 0 Å². The lowest BCUT2D eigenvalue weighted by molar-refractivity contribution is -0.385. The summed E-state index contributed by atoms with van der Waals surface area (Å²) in [6.45, 7) is -0.269. The molecule has 1 rings (SSSR count). The number of nitro groups is 1. The van der Waals surface area contributed by atoms with Crippen LogP contribution in [0.25, 0.3) is 0 Å². The van der Waals surface area contributed by atoms with Crippen molar-refractivity contribution in [2.45, 2.75) is 5.51 Å². The summed E-state index contributed by atoms with van der Waals surface area (Å²) in [6, 6.07) is 3.42. The van der Waals surface area contributed by atoms with Gasteiger partial charge in [0.1, 0.15) is 5.56 Å². The van der Waals surface area contributed by atoms with Gasteiger partial charge in [-0.3, -0.25) is 14.9 Å². The summed E-state index contributed by atoms with van der Waals surface area (Å²) in [5.74, 6) is -1.22. The number of carbonyl (C=O) groups is 1. The lowest BCUT2D eigenvalue weighted by atomic mass is 10.1. The Hall–Kier alpha value is -1.97. The van der Waals surface area contributed by atoms with Gasteiger partial charge < -0.3 is 11.1 Å². The summed E-state index contributed by atoms with van der Waals surface area (Å²) >= 11 is -0.289. The van der Waals surface area contributed by atoms with E-state index in [0.717, 1.165) is 12.1 Å². The molecule has 1 aromatic carbocycles. The van der Waals surface area contributed by atoms with Gasteiger partial charge in [-0.25, -0.2) is 0 Å². The predicted octanol–water partition coefficient (Wildman–Crippen LogP) is 2.16. The Morgan fingerprint density at radius 1 is 1.45 bits per heavy atom. The molecule has 0 aromatic heterocycles. The molecule has 0 bridgehead atoms. The number of alkyl halides is 3. The molecule has 0 aliphatic heterocycles. The molecule has 0 spiro atoms. The molecule has 0 atom stereocenters. The Balaban J connectivity index is 2.68. The van der Waals surface area contributed by atoms with Crippen LogP contribution in [0.4, 0.5) is 24.5 Å². The molecular formula is C10H10F3N3O3S. The van der Waals surface area contributed by atoms with Crippen molar-refractivity contribution in [1.82, 2.24) is 5.32 Å². The lowest BCUT2D eigenvalue weighted by Gasteiger charge is -2.08. The van der Waals surface area contributed by atoms with Crippen molar-refractivity contribution < 1.29 is 22.9 Å². The number of nitrogens with two attached hydrogens (primary N) is 1. The van der Waals surface area contributed by atoms with E-state index in [-0.39, 0.29) is 35.3 Å². The van der Waals surface area contributed by atoms with Crippen molar-refractivity contribution in [2.24, 2.45) is 0 Å². The predicted molar refractivity (Wildman–Crippen MR) is 68.4 cm³/mol. The Morgan fingerprint density at radius 3 is 2.65 bits per heavy atom. The van der Waals surface area contributed by atoms with Crippen LogP contribution in [0.2, 0.25) is 0 Å². The zero-order chi connectivity index (χ0) is 15.3. The van der Waals surface area contributed by atoms with Crippen LogP contribution in [-0.4, -0.2) is 28.6 Å². The summed E-state index contributed by atoms with van der Waals surface area (Å²) in [5, 5.41) is 12.9. The number of rotatable bonds is 5. The van der Waals surface area contributed by atoms with E-state index in [1.165, 1.54) is 6.07 Å². The standard InChI is InChI=1S/C10H10F3N3O3S/c11-10(12,13)20-4-3-15-9(17)7-5-6(14)1-2-8(7)16(18)19/h1-2,5H,3-4,14H2,(H,15,17). The van der Waals surface area contributed by atoms with Crippen LogP contribution in [0.3, 0.4) is 0 Å². The summed E-state index contributed by atoms with van der Waals surface area (Å²) in [5.41, 5.74) is 0.441. The maximum absolute atomic E-state index is 11.9. The second kappa shape index (κ2) is 6.46. The SMILES string of the molecule is Nc1ccc([N+](=O)[O-])c(C(=O)NCCSC(F)(F)F)c1. The summed E-state index contributed by atoms with van der Waals surface area (Å²) in [6.07, 6.45) is 0. The highest BCUT2D eigenvalue weighted by Gasteiger charge is 2.27. The van der Waals surface area contributed by atoms with Crippen LogP contribution in [0.15, 0.2) is 18.2 Å². The van der Waals surface area contributed by atoms with Crippen LogP contribution < -0.4 is 11.1 Å². The Labute approximate surface area is 115 Å². The molecule has 0 heterocycles. The van der Waals surface area contributed by atoms with Gasteiger partial charge in [-0.1, -0.05) is 0 Å². The first-order valence-corrected chi connectivity index (χ1v) is 6.22. The molecule has 0 saturated heterocycles. The Bertz CT molecular complexity index is 522. The zero-order valence-electron chi connectivity index (χ0n) is 9.94. The van der Waals surface area contributed by atoms with Gasteiger partial charge in [-0.05, 0) is 23.9 Å². The molecule has 20 heavy (non-hydrogen) atoms. The number of nitrogens with one attached hydrogen (secondary N) is 1. The van der Waals surface area contributed by atoms with E-state index in [1.807, 2.05) is 0 Å². The number of hydrogen-bond acceptors (Lipinski definition) is 5. The largest absolute Gasteiger partial charge is 0.441 e. The number of carbonyl (C=O) groups excluding carboxylic acids is 1. The molecule has 0 aliphatic carbocycles. The van der Waals surface area contributed by atoms with E-state index < -0.39 is 22.0 Å². The summed E-state index contributed by atoms with van der Waals surface area (Å²) < 4.78 is 35.6. The maximum Gasteiger partial charge on any atom is 0.441 e. The van der Waals surface area contributed by atoms with Gasteiger partial charge in [0.15, 0.2) is 0 Å². The van der Waals surface area contributed by atoms with E-state index >= 15 is 0 Å². The van der Waals surface area contributed by atoms with Crippen molar-refractivity contribution in [3.8, 4) is 0 Å². The highest BCUT2D eigenvalue weighted by atomic mass is 32.2. The summed E-state index contributed by atoms with van der Waals surface area (Å²) in [4.78, 5) is 21.7. The topological polar surface area (TPSA) is 98.3 Å². The van der Waals surface area contributed by atoms with Gasteiger partial charge in [0.25, 0.3) is 11.6 Å². The number of hydrogen-bond donors (Lipinski definition) is 2. The smallest absolute Gasteiger partial charge is 0.399 e. The normalized spacial score (nSPS) is 11.2. The minimum absolute atomic E-state index is 0.144. The van der Waals surface area contributed by atoms with Gasteiger partial charge in [-0.15, -0.1) is 0 Å². The van der Waals surface area contributed by atoms with E-state index in [0.29, 0.717) is 0 Å². The number of nitro benzene ring substituents is 1. The highest BCUT2D eigenvalue weighted by Crippen LogP contribution is 2.29. The van der Waals surface area contributed by atoms with Gasteiger partial charge in [0, 0.05) is 24.1 Å². The van der Waals surface area contributed by atoms with Crippen LogP contribution in [0, 0.1) is 10.1 Å². The number of amides is 1. The van der Waals surface area contributed by atoms with E-state index in [2.05, 4.69) is 5.32 Å².